The second-order valence-electron chi connectivity index (χ2n) is 7.25. The van der Waals surface area contributed by atoms with Crippen LogP contribution in [0, 0.1) is 6.92 Å². The third-order valence-corrected chi connectivity index (χ3v) is 5.15. The highest BCUT2D eigenvalue weighted by molar-refractivity contribution is 5.94. The molecule has 2 aromatic heterocycles. The van der Waals surface area contributed by atoms with Crippen LogP contribution in [0.15, 0.2) is 47.1 Å². The maximum absolute atomic E-state index is 12.9. The first kappa shape index (κ1) is 19.1. The standard InChI is InChI=1S/C22H25N5O2/c1-3-19-24-21(29-25-19)18-9-5-10-23-20(18)26-11-6-12-27(14-13-26)22(28)17-8-4-7-16(2)15-17/h4-5,7-10,15H,3,6,11-14H2,1-2H3. The number of carbonyl (C=O) groups excluding carboxylic acids is 1. The number of carbonyl (C=O) groups is 1. The van der Waals surface area contributed by atoms with E-state index in [4.69, 9.17) is 4.52 Å². The fourth-order valence-electron chi connectivity index (χ4n) is 3.62. The minimum atomic E-state index is 0.0845. The lowest BCUT2D eigenvalue weighted by molar-refractivity contribution is 0.0767. The number of rotatable bonds is 4. The number of hydrogen-bond acceptors (Lipinski definition) is 6. The fraction of sp³-hybridized carbons (Fsp3) is 0.364. The molecule has 3 heterocycles. The quantitative estimate of drug-likeness (QED) is 0.679. The van der Waals surface area contributed by atoms with Gasteiger partial charge in [-0.25, -0.2) is 4.98 Å². The van der Waals surface area contributed by atoms with Gasteiger partial charge in [0, 0.05) is 44.4 Å². The van der Waals surface area contributed by atoms with Gasteiger partial charge in [-0.05, 0) is 37.6 Å². The normalized spacial score (nSPS) is 14.7. The Kier molecular flexibility index (Phi) is 5.55. The Bertz CT molecular complexity index is 1000. The third kappa shape index (κ3) is 4.13. The Morgan fingerprint density at radius 1 is 1.14 bits per heavy atom. The van der Waals surface area contributed by atoms with Gasteiger partial charge in [-0.3, -0.25) is 4.79 Å². The maximum atomic E-state index is 12.9. The van der Waals surface area contributed by atoms with Crippen LogP contribution < -0.4 is 4.90 Å². The van der Waals surface area contributed by atoms with Crippen molar-refractivity contribution in [2.45, 2.75) is 26.7 Å². The van der Waals surface area contributed by atoms with Gasteiger partial charge in [0.2, 0.25) is 0 Å². The van der Waals surface area contributed by atoms with Crippen LogP contribution in [-0.2, 0) is 6.42 Å². The van der Waals surface area contributed by atoms with E-state index < -0.39 is 0 Å². The second-order valence-corrected chi connectivity index (χ2v) is 7.25. The van der Waals surface area contributed by atoms with Crippen molar-refractivity contribution < 1.29 is 9.32 Å². The maximum Gasteiger partial charge on any atom is 0.261 e. The molecule has 0 aliphatic carbocycles. The molecular formula is C22H25N5O2. The molecule has 29 heavy (non-hydrogen) atoms. The van der Waals surface area contributed by atoms with Gasteiger partial charge in [-0.15, -0.1) is 0 Å². The van der Waals surface area contributed by atoms with Crippen LogP contribution in [0.2, 0.25) is 0 Å². The predicted molar refractivity (Wildman–Crippen MR) is 111 cm³/mol. The van der Waals surface area contributed by atoms with E-state index in [1.54, 1.807) is 6.20 Å². The van der Waals surface area contributed by atoms with Gasteiger partial charge in [0.05, 0.1) is 5.56 Å². The number of pyridine rings is 1. The molecule has 1 aliphatic rings. The summed E-state index contributed by atoms with van der Waals surface area (Å²) in [5.41, 5.74) is 2.67. The van der Waals surface area contributed by atoms with Crippen LogP contribution in [0.25, 0.3) is 11.5 Å². The molecule has 1 aliphatic heterocycles. The van der Waals surface area contributed by atoms with Gasteiger partial charge in [0.15, 0.2) is 5.82 Å². The summed E-state index contributed by atoms with van der Waals surface area (Å²) in [6.45, 7) is 6.89. The Morgan fingerprint density at radius 2 is 2.03 bits per heavy atom. The SMILES string of the molecule is CCc1noc(-c2cccnc2N2CCCN(C(=O)c3cccc(C)c3)CC2)n1. The lowest BCUT2D eigenvalue weighted by Crippen LogP contribution is -2.35. The number of benzene rings is 1. The van der Waals surface area contributed by atoms with Crippen molar-refractivity contribution in [3.05, 3.63) is 59.5 Å². The largest absolute Gasteiger partial charge is 0.354 e. The summed E-state index contributed by atoms with van der Waals surface area (Å²) < 4.78 is 5.44. The zero-order valence-electron chi connectivity index (χ0n) is 16.8. The summed E-state index contributed by atoms with van der Waals surface area (Å²) in [4.78, 5) is 26.1. The molecule has 0 spiro atoms. The van der Waals surface area contributed by atoms with Crippen LogP contribution in [0.4, 0.5) is 5.82 Å². The van der Waals surface area contributed by atoms with Crippen LogP contribution in [0.5, 0.6) is 0 Å². The lowest BCUT2D eigenvalue weighted by Gasteiger charge is -2.24. The summed E-state index contributed by atoms with van der Waals surface area (Å²) in [5, 5.41) is 4.01. The zero-order chi connectivity index (χ0) is 20.2. The number of amides is 1. The number of aryl methyl sites for hydroxylation is 2. The Hall–Kier alpha value is -3.22. The molecule has 0 N–H and O–H groups in total. The van der Waals surface area contributed by atoms with Crippen molar-refractivity contribution in [2.24, 2.45) is 0 Å². The van der Waals surface area contributed by atoms with Gasteiger partial charge in [-0.1, -0.05) is 29.8 Å². The molecule has 0 atom stereocenters. The fourth-order valence-corrected chi connectivity index (χ4v) is 3.62. The lowest BCUT2D eigenvalue weighted by atomic mass is 10.1. The molecule has 7 heteroatoms. The van der Waals surface area contributed by atoms with E-state index in [0.29, 0.717) is 24.8 Å². The van der Waals surface area contributed by atoms with E-state index in [1.165, 1.54) is 0 Å². The molecule has 1 amide bonds. The van der Waals surface area contributed by atoms with Crippen molar-refractivity contribution in [3.63, 3.8) is 0 Å². The smallest absolute Gasteiger partial charge is 0.261 e. The van der Waals surface area contributed by atoms with E-state index in [-0.39, 0.29) is 5.91 Å². The van der Waals surface area contributed by atoms with E-state index >= 15 is 0 Å². The van der Waals surface area contributed by atoms with Crippen molar-refractivity contribution in [3.8, 4) is 11.5 Å². The predicted octanol–water partition coefficient (Wildman–Crippen LogP) is 3.35. The molecule has 7 nitrogen and oxygen atoms in total. The van der Waals surface area contributed by atoms with Crippen LogP contribution in [0.3, 0.4) is 0 Å². The molecular weight excluding hydrogens is 366 g/mol. The van der Waals surface area contributed by atoms with E-state index in [0.717, 1.165) is 48.4 Å². The highest BCUT2D eigenvalue weighted by Gasteiger charge is 2.24. The van der Waals surface area contributed by atoms with E-state index in [2.05, 4.69) is 20.0 Å². The first-order chi connectivity index (χ1) is 14.2. The van der Waals surface area contributed by atoms with Crippen LogP contribution >= 0.6 is 0 Å². The monoisotopic (exact) mass is 391 g/mol. The molecule has 150 valence electrons. The summed E-state index contributed by atoms with van der Waals surface area (Å²) >= 11 is 0. The Morgan fingerprint density at radius 3 is 2.83 bits per heavy atom. The van der Waals surface area contributed by atoms with Crippen molar-refractivity contribution in [1.29, 1.82) is 0 Å². The molecule has 0 bridgehead atoms. The molecule has 0 unspecified atom stereocenters. The molecule has 1 aromatic carbocycles. The molecule has 1 saturated heterocycles. The zero-order valence-corrected chi connectivity index (χ0v) is 16.8. The second kappa shape index (κ2) is 8.43. The minimum Gasteiger partial charge on any atom is -0.354 e. The molecule has 0 radical (unpaired) electrons. The van der Waals surface area contributed by atoms with E-state index in [9.17, 15) is 4.79 Å². The van der Waals surface area contributed by atoms with Gasteiger partial charge in [0.1, 0.15) is 5.82 Å². The van der Waals surface area contributed by atoms with Gasteiger partial charge in [0.25, 0.3) is 11.8 Å². The van der Waals surface area contributed by atoms with Gasteiger partial charge >= 0.3 is 0 Å². The Labute approximate surface area is 170 Å². The van der Waals surface area contributed by atoms with Crippen molar-refractivity contribution >= 4 is 11.7 Å². The number of aromatic nitrogens is 3. The van der Waals surface area contributed by atoms with Crippen LogP contribution in [0.1, 0.15) is 35.1 Å². The van der Waals surface area contributed by atoms with Crippen molar-refractivity contribution in [1.82, 2.24) is 20.0 Å². The molecule has 4 rings (SSSR count). The average molecular weight is 391 g/mol. The molecule has 0 saturated carbocycles. The first-order valence-electron chi connectivity index (χ1n) is 10.0. The minimum absolute atomic E-state index is 0.0845. The average Bonchev–Trinajstić information content (AvgIpc) is 3.10. The third-order valence-electron chi connectivity index (χ3n) is 5.15. The molecule has 1 fully saturated rings. The summed E-state index contributed by atoms with van der Waals surface area (Å²) in [7, 11) is 0. The van der Waals surface area contributed by atoms with Crippen molar-refractivity contribution in [2.75, 3.05) is 31.1 Å². The highest BCUT2D eigenvalue weighted by Crippen LogP contribution is 2.28. The van der Waals surface area contributed by atoms with E-state index in [1.807, 2.05) is 55.1 Å². The number of nitrogens with zero attached hydrogens (tertiary/aromatic N) is 5. The topological polar surface area (TPSA) is 75.4 Å². The van der Waals surface area contributed by atoms with Crippen LogP contribution in [-0.4, -0.2) is 52.1 Å². The van der Waals surface area contributed by atoms with Gasteiger partial charge < -0.3 is 14.3 Å². The summed E-state index contributed by atoms with van der Waals surface area (Å²) in [5.74, 6) is 2.08. The summed E-state index contributed by atoms with van der Waals surface area (Å²) in [6.07, 6.45) is 3.37. The summed E-state index contributed by atoms with van der Waals surface area (Å²) in [6, 6.07) is 11.6. The van der Waals surface area contributed by atoms with Gasteiger partial charge in [-0.2, -0.15) is 4.98 Å². The Balaban J connectivity index is 1.53. The number of anilines is 1. The highest BCUT2D eigenvalue weighted by atomic mass is 16.5. The molecule has 3 aromatic rings. The first-order valence-corrected chi connectivity index (χ1v) is 10.0. The number of hydrogen-bond donors (Lipinski definition) is 0.